The Morgan fingerprint density at radius 3 is 2.39 bits per heavy atom. The second-order valence-electron chi connectivity index (χ2n) is 3.73. The van der Waals surface area contributed by atoms with E-state index in [1.807, 2.05) is 0 Å². The van der Waals surface area contributed by atoms with E-state index in [0.717, 1.165) is 12.1 Å². The molecule has 6 heteroatoms. The van der Waals surface area contributed by atoms with Crippen LogP contribution >= 0.6 is 0 Å². The molecule has 0 fully saturated rings. The predicted molar refractivity (Wildman–Crippen MR) is 61.1 cm³/mol. The van der Waals surface area contributed by atoms with Crippen LogP contribution in [-0.2, 0) is 9.47 Å². The number of halogens is 2. The van der Waals surface area contributed by atoms with E-state index in [1.54, 1.807) is 6.92 Å². The molecule has 0 aliphatic rings. The third kappa shape index (κ3) is 3.48. The van der Waals surface area contributed by atoms with Crippen LogP contribution in [0.5, 0.6) is 0 Å². The smallest absolute Gasteiger partial charge is 0.254 e. The van der Waals surface area contributed by atoms with Gasteiger partial charge >= 0.3 is 0 Å². The van der Waals surface area contributed by atoms with E-state index in [4.69, 9.17) is 9.47 Å². The van der Waals surface area contributed by atoms with Gasteiger partial charge in [0.05, 0.1) is 11.6 Å². The first-order valence-corrected chi connectivity index (χ1v) is 5.31. The molecule has 4 nitrogen and oxygen atoms in total. The minimum Gasteiger partial charge on any atom is -0.354 e. The lowest BCUT2D eigenvalue weighted by molar-refractivity contribution is -0.117. The van der Waals surface area contributed by atoms with Crippen molar-refractivity contribution in [1.29, 1.82) is 0 Å². The molecule has 1 aromatic rings. The van der Waals surface area contributed by atoms with Crippen molar-refractivity contribution in [2.24, 2.45) is 0 Å². The van der Waals surface area contributed by atoms with Gasteiger partial charge < -0.3 is 14.8 Å². The van der Waals surface area contributed by atoms with Gasteiger partial charge in [-0.2, -0.15) is 0 Å². The van der Waals surface area contributed by atoms with Crippen LogP contribution < -0.4 is 5.32 Å². The van der Waals surface area contributed by atoms with E-state index in [9.17, 15) is 13.6 Å². The van der Waals surface area contributed by atoms with Gasteiger partial charge in [0.1, 0.15) is 11.6 Å². The monoisotopic (exact) mass is 259 g/mol. The van der Waals surface area contributed by atoms with Crippen molar-refractivity contribution in [3.8, 4) is 0 Å². The van der Waals surface area contributed by atoms with Gasteiger partial charge in [-0.15, -0.1) is 0 Å². The van der Waals surface area contributed by atoms with Crippen molar-refractivity contribution in [3.05, 3.63) is 35.4 Å². The van der Waals surface area contributed by atoms with Crippen LogP contribution in [-0.4, -0.2) is 32.5 Å². The third-order valence-electron chi connectivity index (χ3n) is 2.41. The summed E-state index contributed by atoms with van der Waals surface area (Å²) in [6, 6.07) is 2.29. The van der Waals surface area contributed by atoms with Gasteiger partial charge in [-0.3, -0.25) is 4.79 Å². The first-order chi connectivity index (χ1) is 8.49. The fourth-order valence-corrected chi connectivity index (χ4v) is 1.53. The Labute approximate surface area is 104 Å². The Bertz CT molecular complexity index is 422. The number of methoxy groups -OCH3 is 2. The molecule has 0 aliphatic heterocycles. The molecule has 18 heavy (non-hydrogen) atoms. The molecule has 0 bridgehead atoms. The van der Waals surface area contributed by atoms with Crippen LogP contribution in [0.1, 0.15) is 17.3 Å². The highest BCUT2D eigenvalue weighted by Gasteiger charge is 2.20. The van der Waals surface area contributed by atoms with E-state index >= 15 is 0 Å². The second kappa shape index (κ2) is 6.42. The molecule has 0 saturated heterocycles. The molecular formula is C12H15F2NO3. The Morgan fingerprint density at radius 1 is 1.28 bits per heavy atom. The first kappa shape index (κ1) is 14.5. The predicted octanol–water partition coefficient (Wildman–Crippen LogP) is 1.70. The molecule has 1 amide bonds. The van der Waals surface area contributed by atoms with Gasteiger partial charge in [0.15, 0.2) is 6.29 Å². The first-order valence-electron chi connectivity index (χ1n) is 5.31. The Balaban J connectivity index is 2.76. The van der Waals surface area contributed by atoms with Crippen molar-refractivity contribution >= 4 is 5.91 Å². The largest absolute Gasteiger partial charge is 0.354 e. The van der Waals surface area contributed by atoms with Crippen LogP contribution in [0.3, 0.4) is 0 Å². The molecule has 100 valence electrons. The Hall–Kier alpha value is -1.53. The number of amides is 1. The van der Waals surface area contributed by atoms with Crippen molar-refractivity contribution in [2.45, 2.75) is 19.3 Å². The number of carbonyl (C=O) groups is 1. The number of hydrogen-bond acceptors (Lipinski definition) is 3. The van der Waals surface area contributed by atoms with Crippen molar-refractivity contribution < 1.29 is 23.0 Å². The van der Waals surface area contributed by atoms with Gasteiger partial charge in [0, 0.05) is 20.3 Å². The zero-order chi connectivity index (χ0) is 13.7. The summed E-state index contributed by atoms with van der Waals surface area (Å²) >= 11 is 0. The zero-order valence-corrected chi connectivity index (χ0v) is 10.4. The van der Waals surface area contributed by atoms with Crippen LogP contribution in [0.4, 0.5) is 8.78 Å². The molecule has 0 heterocycles. The molecule has 1 N–H and O–H groups in total. The molecular weight excluding hydrogens is 244 g/mol. The minimum atomic E-state index is -0.911. The van der Waals surface area contributed by atoms with Crippen molar-refractivity contribution in [3.63, 3.8) is 0 Å². The average molecular weight is 259 g/mol. The van der Waals surface area contributed by atoms with Gasteiger partial charge in [0.25, 0.3) is 5.91 Å². The van der Waals surface area contributed by atoms with Crippen LogP contribution in [0.2, 0.25) is 0 Å². The molecule has 1 atom stereocenters. The molecule has 0 aromatic heterocycles. The minimum absolute atomic E-state index is 0.228. The molecule has 1 unspecified atom stereocenters. The van der Waals surface area contributed by atoms with E-state index in [-0.39, 0.29) is 5.56 Å². The summed E-state index contributed by atoms with van der Waals surface area (Å²) in [7, 11) is 2.85. The SMILES string of the molecule is COC(OC)C(C)NC(=O)c1ccc(F)cc1F. The standard InChI is InChI=1S/C12H15F2NO3/c1-7(12(17-2)18-3)15-11(16)9-5-4-8(13)6-10(9)14/h4-7,12H,1-3H3,(H,15,16). The van der Waals surface area contributed by atoms with Gasteiger partial charge in [0.2, 0.25) is 0 Å². The second-order valence-corrected chi connectivity index (χ2v) is 3.73. The Morgan fingerprint density at radius 2 is 1.89 bits per heavy atom. The molecule has 0 spiro atoms. The summed E-state index contributed by atoms with van der Waals surface area (Å²) in [5.41, 5.74) is -0.228. The average Bonchev–Trinajstić information content (AvgIpc) is 2.30. The van der Waals surface area contributed by atoms with Gasteiger partial charge in [-0.25, -0.2) is 8.78 Å². The molecule has 0 radical (unpaired) electrons. The summed E-state index contributed by atoms with van der Waals surface area (Å²) < 4.78 is 36.0. The summed E-state index contributed by atoms with van der Waals surface area (Å²) in [5, 5.41) is 2.51. The molecule has 1 aromatic carbocycles. The van der Waals surface area contributed by atoms with Crippen LogP contribution in [0.25, 0.3) is 0 Å². The number of nitrogens with one attached hydrogen (secondary N) is 1. The highest BCUT2D eigenvalue weighted by atomic mass is 19.1. The zero-order valence-electron chi connectivity index (χ0n) is 10.4. The highest BCUT2D eigenvalue weighted by Crippen LogP contribution is 2.10. The quantitative estimate of drug-likeness (QED) is 0.819. The number of hydrogen-bond donors (Lipinski definition) is 1. The van der Waals surface area contributed by atoms with E-state index < -0.39 is 29.9 Å². The summed E-state index contributed by atoms with van der Waals surface area (Å²) in [6.07, 6.45) is -0.641. The maximum Gasteiger partial charge on any atom is 0.254 e. The summed E-state index contributed by atoms with van der Waals surface area (Å²) in [6.45, 7) is 1.65. The number of ether oxygens (including phenoxy) is 2. The molecule has 0 aliphatic carbocycles. The molecule has 1 rings (SSSR count). The number of rotatable bonds is 5. The third-order valence-corrected chi connectivity index (χ3v) is 2.41. The Kier molecular flexibility index (Phi) is 5.18. The van der Waals surface area contributed by atoms with E-state index in [1.165, 1.54) is 14.2 Å². The summed E-state index contributed by atoms with van der Waals surface area (Å²) in [5.74, 6) is -2.30. The summed E-state index contributed by atoms with van der Waals surface area (Å²) in [4.78, 5) is 11.7. The highest BCUT2D eigenvalue weighted by molar-refractivity contribution is 5.94. The lowest BCUT2D eigenvalue weighted by Gasteiger charge is -2.22. The lowest BCUT2D eigenvalue weighted by atomic mass is 10.2. The topological polar surface area (TPSA) is 47.6 Å². The fraction of sp³-hybridized carbons (Fsp3) is 0.417. The van der Waals surface area contributed by atoms with E-state index in [2.05, 4.69) is 5.32 Å². The number of carbonyl (C=O) groups excluding carboxylic acids is 1. The van der Waals surface area contributed by atoms with E-state index in [0.29, 0.717) is 6.07 Å². The maximum absolute atomic E-state index is 13.4. The lowest BCUT2D eigenvalue weighted by Crippen LogP contribution is -2.43. The van der Waals surface area contributed by atoms with Crippen LogP contribution in [0, 0.1) is 11.6 Å². The normalized spacial score (nSPS) is 12.6. The van der Waals surface area contributed by atoms with Gasteiger partial charge in [-0.1, -0.05) is 0 Å². The maximum atomic E-state index is 13.4. The fourth-order valence-electron chi connectivity index (χ4n) is 1.53. The molecule has 0 saturated carbocycles. The van der Waals surface area contributed by atoms with Crippen molar-refractivity contribution in [2.75, 3.05) is 14.2 Å². The van der Waals surface area contributed by atoms with Crippen LogP contribution in [0.15, 0.2) is 18.2 Å². The van der Waals surface area contributed by atoms with Crippen molar-refractivity contribution in [1.82, 2.24) is 5.32 Å². The van der Waals surface area contributed by atoms with Gasteiger partial charge in [-0.05, 0) is 19.1 Å². The number of benzene rings is 1.